The number of nitrogens with zero attached hydrogens (tertiary/aromatic N) is 3. The first kappa shape index (κ1) is 19.9. The van der Waals surface area contributed by atoms with Crippen LogP contribution >= 0.6 is 11.3 Å². The zero-order valence-electron chi connectivity index (χ0n) is 16.4. The summed E-state index contributed by atoms with van der Waals surface area (Å²) in [5.41, 5.74) is -0.391. The number of piperidine rings is 1. The molecule has 1 aromatic heterocycles. The van der Waals surface area contributed by atoms with Crippen LogP contribution in [-0.2, 0) is 9.59 Å². The van der Waals surface area contributed by atoms with Crippen LogP contribution in [-0.4, -0.2) is 71.7 Å². The molecule has 0 aliphatic carbocycles. The summed E-state index contributed by atoms with van der Waals surface area (Å²) in [5, 5.41) is 1.90. The average Bonchev–Trinajstić information content (AvgIpc) is 3.20. The van der Waals surface area contributed by atoms with Crippen molar-refractivity contribution >= 4 is 29.1 Å². The number of likely N-dealkylation sites (tertiary alicyclic amines) is 1. The quantitative estimate of drug-likeness (QED) is 0.777. The minimum atomic E-state index is -0.391. The van der Waals surface area contributed by atoms with Crippen molar-refractivity contribution in [2.24, 2.45) is 11.3 Å². The highest BCUT2D eigenvalue weighted by Crippen LogP contribution is 2.24. The number of amides is 3. The van der Waals surface area contributed by atoms with Crippen LogP contribution in [0.2, 0.25) is 0 Å². The third kappa shape index (κ3) is 4.51. The number of carbonyl (C=O) groups is 3. The molecule has 148 valence electrons. The van der Waals surface area contributed by atoms with Gasteiger partial charge in [-0.3, -0.25) is 14.4 Å². The number of thiophene rings is 1. The predicted octanol–water partition coefficient (Wildman–Crippen LogP) is 2.32. The van der Waals surface area contributed by atoms with E-state index in [2.05, 4.69) is 0 Å². The Balaban J connectivity index is 1.55. The molecular formula is C20H29N3O3S. The lowest BCUT2D eigenvalue weighted by Gasteiger charge is -2.40. The van der Waals surface area contributed by atoms with E-state index in [4.69, 9.17) is 0 Å². The molecule has 0 aromatic carbocycles. The van der Waals surface area contributed by atoms with Gasteiger partial charge in [-0.1, -0.05) is 26.8 Å². The molecule has 1 aromatic rings. The maximum atomic E-state index is 13.0. The first-order valence-corrected chi connectivity index (χ1v) is 10.6. The van der Waals surface area contributed by atoms with E-state index in [1.807, 2.05) is 53.0 Å². The largest absolute Gasteiger partial charge is 0.339 e. The molecule has 0 spiro atoms. The molecule has 1 unspecified atom stereocenters. The summed E-state index contributed by atoms with van der Waals surface area (Å²) in [6.45, 7) is 9.33. The molecule has 3 amide bonds. The van der Waals surface area contributed by atoms with E-state index in [9.17, 15) is 14.4 Å². The van der Waals surface area contributed by atoms with Crippen molar-refractivity contribution in [3.63, 3.8) is 0 Å². The maximum Gasteiger partial charge on any atom is 0.263 e. The van der Waals surface area contributed by atoms with Crippen molar-refractivity contribution in [2.45, 2.75) is 33.6 Å². The fourth-order valence-electron chi connectivity index (χ4n) is 3.78. The highest BCUT2D eigenvalue weighted by Gasteiger charge is 2.35. The summed E-state index contributed by atoms with van der Waals surface area (Å²) in [7, 11) is 0. The van der Waals surface area contributed by atoms with E-state index in [0.717, 1.165) is 17.7 Å². The molecule has 3 rings (SSSR count). The van der Waals surface area contributed by atoms with Gasteiger partial charge in [0.25, 0.3) is 5.91 Å². The Morgan fingerprint density at radius 3 is 2.26 bits per heavy atom. The summed E-state index contributed by atoms with van der Waals surface area (Å²) in [6, 6.07) is 3.72. The zero-order valence-corrected chi connectivity index (χ0v) is 17.3. The zero-order chi connectivity index (χ0) is 19.6. The number of hydrogen-bond acceptors (Lipinski definition) is 4. The number of rotatable bonds is 2. The molecule has 6 nitrogen and oxygen atoms in total. The molecular weight excluding hydrogens is 362 g/mol. The molecule has 0 bridgehead atoms. The van der Waals surface area contributed by atoms with Gasteiger partial charge < -0.3 is 14.7 Å². The van der Waals surface area contributed by atoms with Gasteiger partial charge in [-0.25, -0.2) is 0 Å². The Morgan fingerprint density at radius 2 is 1.67 bits per heavy atom. The van der Waals surface area contributed by atoms with Crippen molar-refractivity contribution in [2.75, 3.05) is 39.3 Å². The van der Waals surface area contributed by atoms with Crippen molar-refractivity contribution in [1.82, 2.24) is 14.7 Å². The number of piperazine rings is 1. The Labute approximate surface area is 165 Å². The molecule has 3 heterocycles. The number of carbonyl (C=O) groups excluding carboxylic acids is 3. The second-order valence-electron chi connectivity index (χ2n) is 8.44. The van der Waals surface area contributed by atoms with Crippen molar-refractivity contribution in [3.8, 4) is 0 Å². The molecule has 27 heavy (non-hydrogen) atoms. The summed E-state index contributed by atoms with van der Waals surface area (Å²) in [4.78, 5) is 44.2. The van der Waals surface area contributed by atoms with Crippen molar-refractivity contribution in [1.29, 1.82) is 0 Å². The van der Waals surface area contributed by atoms with Crippen molar-refractivity contribution < 1.29 is 14.4 Å². The highest BCUT2D eigenvalue weighted by molar-refractivity contribution is 7.12. The lowest BCUT2D eigenvalue weighted by atomic mass is 9.94. The Morgan fingerprint density at radius 1 is 1.00 bits per heavy atom. The Hall–Kier alpha value is -1.89. The third-order valence-electron chi connectivity index (χ3n) is 5.31. The second kappa shape index (κ2) is 8.00. The van der Waals surface area contributed by atoms with E-state index in [0.29, 0.717) is 39.3 Å². The maximum absolute atomic E-state index is 13.0. The Bertz CT molecular complexity index is 688. The van der Waals surface area contributed by atoms with Gasteiger partial charge in [0.05, 0.1) is 10.8 Å². The van der Waals surface area contributed by atoms with E-state index >= 15 is 0 Å². The Kier molecular flexibility index (Phi) is 5.89. The third-order valence-corrected chi connectivity index (χ3v) is 6.17. The van der Waals surface area contributed by atoms with Crippen LogP contribution in [0.25, 0.3) is 0 Å². The van der Waals surface area contributed by atoms with Gasteiger partial charge in [0.1, 0.15) is 0 Å². The minimum Gasteiger partial charge on any atom is -0.339 e. The molecule has 2 saturated heterocycles. The van der Waals surface area contributed by atoms with E-state index < -0.39 is 5.41 Å². The van der Waals surface area contributed by atoms with Gasteiger partial charge >= 0.3 is 0 Å². The minimum absolute atomic E-state index is 0.0306. The summed E-state index contributed by atoms with van der Waals surface area (Å²) < 4.78 is 0. The highest BCUT2D eigenvalue weighted by atomic mass is 32.1. The topological polar surface area (TPSA) is 60.9 Å². The molecule has 1 atom stereocenters. The first-order chi connectivity index (χ1) is 12.8. The van der Waals surface area contributed by atoms with Gasteiger partial charge in [-0.15, -0.1) is 11.3 Å². The second-order valence-corrected chi connectivity index (χ2v) is 9.38. The van der Waals surface area contributed by atoms with Gasteiger partial charge in [0, 0.05) is 44.7 Å². The van der Waals surface area contributed by atoms with Crippen LogP contribution in [0, 0.1) is 11.3 Å². The molecule has 2 aliphatic heterocycles. The summed E-state index contributed by atoms with van der Waals surface area (Å²) >= 11 is 1.44. The standard InChI is InChI=1S/C20H29N3O3S/c1-20(2,3)19(26)22-11-9-21(10-12-22)17(24)15-6-4-8-23(14-15)18(25)16-7-5-13-27-16/h5,7,13,15H,4,6,8-12,14H2,1-3H3. The molecule has 2 fully saturated rings. The lowest BCUT2D eigenvalue weighted by molar-refractivity contribution is -0.147. The summed E-state index contributed by atoms with van der Waals surface area (Å²) in [6.07, 6.45) is 1.68. The van der Waals surface area contributed by atoms with E-state index in [1.54, 1.807) is 0 Å². The van der Waals surface area contributed by atoms with Crippen LogP contribution in [0.3, 0.4) is 0 Å². The van der Waals surface area contributed by atoms with Crippen LogP contribution in [0.4, 0.5) is 0 Å². The van der Waals surface area contributed by atoms with Crippen LogP contribution in [0.5, 0.6) is 0 Å². The van der Waals surface area contributed by atoms with Gasteiger partial charge in [0.15, 0.2) is 0 Å². The molecule has 7 heteroatoms. The van der Waals surface area contributed by atoms with E-state index in [1.165, 1.54) is 11.3 Å². The molecule has 0 radical (unpaired) electrons. The smallest absolute Gasteiger partial charge is 0.263 e. The normalized spacial score (nSPS) is 21.3. The van der Waals surface area contributed by atoms with Gasteiger partial charge in [-0.2, -0.15) is 0 Å². The van der Waals surface area contributed by atoms with Crippen molar-refractivity contribution in [3.05, 3.63) is 22.4 Å². The first-order valence-electron chi connectivity index (χ1n) is 9.68. The van der Waals surface area contributed by atoms with Crippen LogP contribution in [0.1, 0.15) is 43.3 Å². The molecule has 2 aliphatic rings. The average molecular weight is 392 g/mol. The monoisotopic (exact) mass is 391 g/mol. The SMILES string of the molecule is CC(C)(C)C(=O)N1CCN(C(=O)C2CCCN(C(=O)c3cccs3)C2)CC1. The summed E-state index contributed by atoms with van der Waals surface area (Å²) in [5.74, 6) is 0.164. The predicted molar refractivity (Wildman–Crippen MR) is 106 cm³/mol. The lowest BCUT2D eigenvalue weighted by Crippen LogP contribution is -2.55. The van der Waals surface area contributed by atoms with Crippen LogP contribution < -0.4 is 0 Å². The van der Waals surface area contributed by atoms with Gasteiger partial charge in [-0.05, 0) is 24.3 Å². The fraction of sp³-hybridized carbons (Fsp3) is 0.650. The van der Waals surface area contributed by atoms with E-state index in [-0.39, 0.29) is 23.6 Å². The molecule has 0 saturated carbocycles. The molecule has 0 N–H and O–H groups in total. The fourth-order valence-corrected chi connectivity index (χ4v) is 4.47. The van der Waals surface area contributed by atoms with Crippen LogP contribution in [0.15, 0.2) is 17.5 Å². The van der Waals surface area contributed by atoms with Gasteiger partial charge in [0.2, 0.25) is 11.8 Å². The number of hydrogen-bond donors (Lipinski definition) is 0.